The predicted molar refractivity (Wildman–Crippen MR) is 118 cm³/mol. The standard InChI is InChI=1S/C24H49NO2/c1-4-5-6-7-8-9-10-11-12-13-14-15-16-17-20-23-27-24(26)21-18-19-22-25(2)3/h4-23H2,1-3H3. The summed E-state index contributed by atoms with van der Waals surface area (Å²) in [5.41, 5.74) is 0. The summed E-state index contributed by atoms with van der Waals surface area (Å²) in [6, 6.07) is 0. The number of esters is 1. The van der Waals surface area contributed by atoms with E-state index in [0.717, 1.165) is 25.8 Å². The highest BCUT2D eigenvalue weighted by molar-refractivity contribution is 5.69. The van der Waals surface area contributed by atoms with Crippen molar-refractivity contribution in [2.24, 2.45) is 0 Å². The fourth-order valence-corrected chi connectivity index (χ4v) is 3.43. The smallest absolute Gasteiger partial charge is 0.305 e. The number of carbonyl (C=O) groups excluding carboxylic acids is 1. The molecule has 0 amide bonds. The molecule has 0 aromatic heterocycles. The van der Waals surface area contributed by atoms with Gasteiger partial charge in [-0.1, -0.05) is 96.8 Å². The molecule has 0 atom stereocenters. The van der Waals surface area contributed by atoms with Gasteiger partial charge in [0, 0.05) is 6.42 Å². The van der Waals surface area contributed by atoms with E-state index in [0.29, 0.717) is 13.0 Å². The Morgan fingerprint density at radius 1 is 0.630 bits per heavy atom. The van der Waals surface area contributed by atoms with Gasteiger partial charge in [0.1, 0.15) is 0 Å². The molecule has 0 aliphatic carbocycles. The SMILES string of the molecule is CCCCCCCCCCCCCCCCCOC(=O)CCCCN(C)C. The van der Waals surface area contributed by atoms with Gasteiger partial charge >= 0.3 is 5.97 Å². The van der Waals surface area contributed by atoms with Crippen LogP contribution < -0.4 is 0 Å². The third-order valence-corrected chi connectivity index (χ3v) is 5.25. The Balaban J connectivity index is 3.11. The van der Waals surface area contributed by atoms with Crippen molar-refractivity contribution >= 4 is 5.97 Å². The van der Waals surface area contributed by atoms with Crippen LogP contribution in [0.15, 0.2) is 0 Å². The summed E-state index contributed by atoms with van der Waals surface area (Å²) in [7, 11) is 4.13. The second kappa shape index (κ2) is 21.7. The van der Waals surface area contributed by atoms with Crippen molar-refractivity contribution in [2.45, 2.75) is 122 Å². The normalized spacial score (nSPS) is 11.3. The number of hydrogen-bond donors (Lipinski definition) is 0. The molecule has 0 bridgehead atoms. The molecule has 0 rings (SSSR count). The lowest BCUT2D eigenvalue weighted by atomic mass is 10.0. The summed E-state index contributed by atoms with van der Waals surface area (Å²) in [5, 5.41) is 0. The maximum absolute atomic E-state index is 11.6. The highest BCUT2D eigenvalue weighted by atomic mass is 16.5. The molecular weight excluding hydrogens is 334 g/mol. The van der Waals surface area contributed by atoms with E-state index in [9.17, 15) is 4.79 Å². The van der Waals surface area contributed by atoms with Crippen LogP contribution in [-0.4, -0.2) is 38.1 Å². The molecule has 0 spiro atoms. The van der Waals surface area contributed by atoms with Gasteiger partial charge < -0.3 is 9.64 Å². The molecule has 0 fully saturated rings. The molecule has 0 aliphatic heterocycles. The lowest BCUT2D eigenvalue weighted by Gasteiger charge is -2.08. The topological polar surface area (TPSA) is 29.5 Å². The second-order valence-electron chi connectivity index (χ2n) is 8.43. The highest BCUT2D eigenvalue weighted by Gasteiger charge is 2.02. The quantitative estimate of drug-likeness (QED) is 0.156. The Morgan fingerprint density at radius 3 is 1.52 bits per heavy atom. The van der Waals surface area contributed by atoms with Crippen molar-refractivity contribution < 1.29 is 9.53 Å². The number of nitrogens with zero attached hydrogens (tertiary/aromatic N) is 1. The molecule has 0 saturated heterocycles. The molecule has 0 aliphatic rings. The summed E-state index contributed by atoms with van der Waals surface area (Å²) in [6.07, 6.45) is 23.0. The third kappa shape index (κ3) is 23.4. The molecule has 0 aromatic carbocycles. The number of ether oxygens (including phenoxy) is 1. The molecular formula is C24H49NO2. The molecule has 0 heterocycles. The highest BCUT2D eigenvalue weighted by Crippen LogP contribution is 2.13. The maximum atomic E-state index is 11.6. The van der Waals surface area contributed by atoms with E-state index in [1.807, 2.05) is 0 Å². The van der Waals surface area contributed by atoms with Crippen molar-refractivity contribution in [3.8, 4) is 0 Å². The average molecular weight is 384 g/mol. The van der Waals surface area contributed by atoms with E-state index >= 15 is 0 Å². The second-order valence-corrected chi connectivity index (χ2v) is 8.43. The minimum atomic E-state index is -0.0147. The molecule has 0 unspecified atom stereocenters. The van der Waals surface area contributed by atoms with Crippen LogP contribution in [0.2, 0.25) is 0 Å². The van der Waals surface area contributed by atoms with Crippen molar-refractivity contribution in [2.75, 3.05) is 27.2 Å². The van der Waals surface area contributed by atoms with Gasteiger partial charge in [-0.2, -0.15) is 0 Å². The molecule has 3 nitrogen and oxygen atoms in total. The van der Waals surface area contributed by atoms with Gasteiger partial charge in [-0.15, -0.1) is 0 Å². The number of unbranched alkanes of at least 4 members (excludes halogenated alkanes) is 15. The molecule has 0 saturated carbocycles. The lowest BCUT2D eigenvalue weighted by molar-refractivity contribution is -0.143. The number of rotatable bonds is 21. The predicted octanol–water partition coefficient (Wildman–Crippen LogP) is 7.13. The zero-order chi connectivity index (χ0) is 20.0. The van der Waals surface area contributed by atoms with Crippen molar-refractivity contribution in [1.82, 2.24) is 4.90 Å². The summed E-state index contributed by atoms with van der Waals surface area (Å²) in [5.74, 6) is -0.0147. The van der Waals surface area contributed by atoms with Gasteiger partial charge in [0.05, 0.1) is 6.61 Å². The first-order valence-corrected chi connectivity index (χ1v) is 12.0. The Bertz CT molecular complexity index is 305. The average Bonchev–Trinajstić information content (AvgIpc) is 2.64. The van der Waals surface area contributed by atoms with E-state index < -0.39 is 0 Å². The number of carbonyl (C=O) groups is 1. The molecule has 3 heteroatoms. The lowest BCUT2D eigenvalue weighted by Crippen LogP contribution is -2.13. The van der Waals surface area contributed by atoms with Crippen molar-refractivity contribution in [3.63, 3.8) is 0 Å². The largest absolute Gasteiger partial charge is 0.466 e. The van der Waals surface area contributed by atoms with E-state index in [1.165, 1.54) is 89.9 Å². The zero-order valence-corrected chi connectivity index (χ0v) is 18.9. The Morgan fingerprint density at radius 2 is 1.07 bits per heavy atom. The Hall–Kier alpha value is -0.570. The van der Waals surface area contributed by atoms with E-state index in [4.69, 9.17) is 4.74 Å². The first-order chi connectivity index (χ1) is 13.2. The van der Waals surface area contributed by atoms with Crippen molar-refractivity contribution in [3.05, 3.63) is 0 Å². The first-order valence-electron chi connectivity index (χ1n) is 12.0. The maximum Gasteiger partial charge on any atom is 0.305 e. The van der Waals surface area contributed by atoms with Crippen molar-refractivity contribution in [1.29, 1.82) is 0 Å². The van der Waals surface area contributed by atoms with Gasteiger partial charge in [-0.25, -0.2) is 0 Å². The number of hydrogen-bond acceptors (Lipinski definition) is 3. The van der Waals surface area contributed by atoms with E-state index in [1.54, 1.807) is 0 Å². The molecule has 27 heavy (non-hydrogen) atoms. The van der Waals surface area contributed by atoms with E-state index in [2.05, 4.69) is 25.9 Å². The van der Waals surface area contributed by atoms with E-state index in [-0.39, 0.29) is 5.97 Å². The van der Waals surface area contributed by atoms with Gasteiger partial charge in [0.2, 0.25) is 0 Å². The molecule has 0 N–H and O–H groups in total. The van der Waals surface area contributed by atoms with Crippen LogP contribution in [0.3, 0.4) is 0 Å². The molecule has 0 radical (unpaired) electrons. The fraction of sp³-hybridized carbons (Fsp3) is 0.958. The summed E-state index contributed by atoms with van der Waals surface area (Å²) in [4.78, 5) is 13.8. The summed E-state index contributed by atoms with van der Waals surface area (Å²) < 4.78 is 5.31. The summed E-state index contributed by atoms with van der Waals surface area (Å²) in [6.45, 7) is 3.95. The van der Waals surface area contributed by atoms with Crippen LogP contribution in [0, 0.1) is 0 Å². The van der Waals surface area contributed by atoms with Crippen LogP contribution in [0.25, 0.3) is 0 Å². The molecule has 162 valence electrons. The van der Waals surface area contributed by atoms with Crippen LogP contribution in [0.5, 0.6) is 0 Å². The van der Waals surface area contributed by atoms with Crippen LogP contribution in [-0.2, 0) is 9.53 Å². The monoisotopic (exact) mass is 383 g/mol. The minimum Gasteiger partial charge on any atom is -0.466 e. The van der Waals surface area contributed by atoms with Crippen LogP contribution >= 0.6 is 0 Å². The van der Waals surface area contributed by atoms with Gasteiger partial charge in [-0.05, 0) is 39.9 Å². The van der Waals surface area contributed by atoms with Crippen LogP contribution in [0.4, 0.5) is 0 Å². The van der Waals surface area contributed by atoms with Gasteiger partial charge in [0.15, 0.2) is 0 Å². The van der Waals surface area contributed by atoms with Gasteiger partial charge in [0.25, 0.3) is 0 Å². The Labute approximate surface area is 170 Å². The van der Waals surface area contributed by atoms with Crippen LogP contribution in [0.1, 0.15) is 122 Å². The third-order valence-electron chi connectivity index (χ3n) is 5.25. The molecule has 0 aromatic rings. The minimum absolute atomic E-state index is 0.0147. The summed E-state index contributed by atoms with van der Waals surface area (Å²) >= 11 is 0. The first kappa shape index (κ1) is 26.4. The fourth-order valence-electron chi connectivity index (χ4n) is 3.43. The zero-order valence-electron chi connectivity index (χ0n) is 18.9. The Kier molecular flexibility index (Phi) is 21.3. The van der Waals surface area contributed by atoms with Gasteiger partial charge in [-0.3, -0.25) is 4.79 Å².